The van der Waals surface area contributed by atoms with Crippen molar-refractivity contribution in [1.29, 1.82) is 0 Å². The van der Waals surface area contributed by atoms with Crippen LogP contribution in [0.25, 0.3) is 0 Å². The molecule has 1 saturated heterocycles. The van der Waals surface area contributed by atoms with Gasteiger partial charge in [0, 0.05) is 24.6 Å². The average Bonchev–Trinajstić information content (AvgIpc) is 2.94. The first-order valence-corrected chi connectivity index (χ1v) is 9.18. The molecule has 1 N–H and O–H groups in total. The Morgan fingerprint density at radius 2 is 2.32 bits per heavy atom. The van der Waals surface area contributed by atoms with Crippen molar-refractivity contribution in [3.05, 3.63) is 21.3 Å². The Kier molecular flexibility index (Phi) is 5.25. The number of rotatable bonds is 6. The van der Waals surface area contributed by atoms with Gasteiger partial charge in [0.15, 0.2) is 9.84 Å². The molecule has 1 aromatic heterocycles. The molecule has 2 unspecified atom stereocenters. The summed E-state index contributed by atoms with van der Waals surface area (Å²) in [4.78, 5) is 1.11. The largest absolute Gasteiger partial charge is 0.377 e. The highest BCUT2D eigenvalue weighted by atomic mass is 35.5. The predicted octanol–water partition coefficient (Wildman–Crippen LogP) is 2.08. The summed E-state index contributed by atoms with van der Waals surface area (Å²) < 4.78 is 30.3. The second kappa shape index (κ2) is 6.54. The Bertz CT molecular complexity index is 515. The summed E-state index contributed by atoms with van der Waals surface area (Å²) in [6, 6.07) is 3.79. The average molecular weight is 324 g/mol. The Hall–Kier alpha value is -0.140. The van der Waals surface area contributed by atoms with Gasteiger partial charge in [0.2, 0.25) is 0 Å². The van der Waals surface area contributed by atoms with Crippen LogP contribution in [0.3, 0.4) is 0 Å². The van der Waals surface area contributed by atoms with E-state index in [1.54, 1.807) is 0 Å². The van der Waals surface area contributed by atoms with E-state index in [0.29, 0.717) is 26.1 Å². The predicted molar refractivity (Wildman–Crippen MR) is 78.6 cm³/mol. The van der Waals surface area contributed by atoms with E-state index in [1.807, 2.05) is 19.1 Å². The van der Waals surface area contributed by atoms with Crippen LogP contribution in [0.2, 0.25) is 4.34 Å². The Balaban J connectivity index is 1.75. The molecule has 2 atom stereocenters. The quantitative estimate of drug-likeness (QED) is 0.814. The third-order valence-electron chi connectivity index (χ3n) is 3.26. The van der Waals surface area contributed by atoms with E-state index < -0.39 is 9.84 Å². The van der Waals surface area contributed by atoms with Crippen molar-refractivity contribution in [1.82, 2.24) is 5.32 Å². The van der Waals surface area contributed by atoms with Crippen molar-refractivity contribution in [2.24, 2.45) is 0 Å². The summed E-state index contributed by atoms with van der Waals surface area (Å²) in [5.41, 5.74) is 0. The van der Waals surface area contributed by atoms with Crippen molar-refractivity contribution in [3.8, 4) is 0 Å². The number of ether oxygens (including phenoxy) is 1. The van der Waals surface area contributed by atoms with Crippen molar-refractivity contribution < 1.29 is 13.2 Å². The van der Waals surface area contributed by atoms with E-state index in [9.17, 15) is 8.42 Å². The second-order valence-electron chi connectivity index (χ2n) is 4.65. The van der Waals surface area contributed by atoms with Crippen LogP contribution in [-0.4, -0.2) is 38.7 Å². The summed E-state index contributed by atoms with van der Waals surface area (Å²) >= 11 is 7.33. The molecule has 7 heteroatoms. The highest BCUT2D eigenvalue weighted by Gasteiger charge is 2.35. The van der Waals surface area contributed by atoms with Crippen molar-refractivity contribution in [2.75, 3.05) is 18.9 Å². The lowest BCUT2D eigenvalue weighted by atomic mass is 10.3. The summed E-state index contributed by atoms with van der Waals surface area (Å²) in [5, 5.41) is 2.80. The highest BCUT2D eigenvalue weighted by Crippen LogP contribution is 2.22. The molecule has 1 fully saturated rings. The first-order valence-electron chi connectivity index (χ1n) is 6.27. The van der Waals surface area contributed by atoms with E-state index in [4.69, 9.17) is 16.3 Å². The zero-order valence-corrected chi connectivity index (χ0v) is 13.2. The lowest BCUT2D eigenvalue weighted by Crippen LogP contribution is -2.33. The number of sulfone groups is 1. The third kappa shape index (κ3) is 4.16. The van der Waals surface area contributed by atoms with Crippen LogP contribution in [0.15, 0.2) is 12.1 Å². The molecule has 19 heavy (non-hydrogen) atoms. The fourth-order valence-electron chi connectivity index (χ4n) is 2.21. The van der Waals surface area contributed by atoms with Gasteiger partial charge >= 0.3 is 0 Å². The maximum absolute atomic E-state index is 12.1. The normalized spacial score (nSPS) is 23.9. The van der Waals surface area contributed by atoms with Gasteiger partial charge in [0.05, 0.1) is 21.4 Å². The number of halogens is 1. The molecule has 108 valence electrons. The maximum Gasteiger partial charge on any atom is 0.157 e. The molecule has 0 bridgehead atoms. The van der Waals surface area contributed by atoms with Crippen LogP contribution in [0, 0.1) is 0 Å². The minimum absolute atomic E-state index is 0.157. The van der Waals surface area contributed by atoms with Crippen LogP contribution in [-0.2, 0) is 21.1 Å². The number of hydrogen-bond donors (Lipinski definition) is 1. The molecule has 1 aliphatic heterocycles. The van der Waals surface area contributed by atoms with Crippen LogP contribution in [0.1, 0.15) is 18.2 Å². The molecular weight excluding hydrogens is 306 g/mol. The fraction of sp³-hybridized carbons (Fsp3) is 0.667. The van der Waals surface area contributed by atoms with Crippen LogP contribution in [0.5, 0.6) is 0 Å². The Labute approximate surface area is 123 Å². The standard InChI is InChI=1S/C12H18ClNO3S2/c1-9-11(4-6-17-9)19(15,16)7-5-14-8-10-2-3-12(13)18-10/h2-3,9,11,14H,4-8H2,1H3. The summed E-state index contributed by atoms with van der Waals surface area (Å²) in [5.74, 6) is 0.157. The van der Waals surface area contributed by atoms with E-state index >= 15 is 0 Å². The molecule has 1 aliphatic rings. The molecule has 1 aromatic rings. The molecule has 2 heterocycles. The van der Waals surface area contributed by atoms with Gasteiger partial charge in [-0.15, -0.1) is 11.3 Å². The monoisotopic (exact) mass is 323 g/mol. The Morgan fingerprint density at radius 1 is 1.53 bits per heavy atom. The summed E-state index contributed by atoms with van der Waals surface area (Å²) in [6.07, 6.45) is 0.436. The van der Waals surface area contributed by atoms with Gasteiger partial charge < -0.3 is 10.1 Å². The maximum atomic E-state index is 12.1. The van der Waals surface area contributed by atoms with Crippen molar-refractivity contribution >= 4 is 32.8 Å². The molecule has 0 amide bonds. The van der Waals surface area contributed by atoms with E-state index in [2.05, 4.69) is 5.32 Å². The van der Waals surface area contributed by atoms with Crippen LogP contribution in [0.4, 0.5) is 0 Å². The van der Waals surface area contributed by atoms with Gasteiger partial charge in [-0.1, -0.05) is 11.6 Å². The van der Waals surface area contributed by atoms with E-state index in [1.165, 1.54) is 11.3 Å². The lowest BCUT2D eigenvalue weighted by molar-refractivity contribution is 0.126. The summed E-state index contributed by atoms with van der Waals surface area (Å²) in [7, 11) is -3.07. The van der Waals surface area contributed by atoms with Crippen LogP contribution >= 0.6 is 22.9 Å². The van der Waals surface area contributed by atoms with Crippen LogP contribution < -0.4 is 5.32 Å². The SMILES string of the molecule is CC1OCCC1S(=O)(=O)CCNCc1ccc(Cl)s1. The second-order valence-corrected chi connectivity index (χ2v) is 8.79. The van der Waals surface area contributed by atoms with Gasteiger partial charge in [-0.25, -0.2) is 8.42 Å². The van der Waals surface area contributed by atoms with Gasteiger partial charge in [0.25, 0.3) is 0 Å². The van der Waals surface area contributed by atoms with E-state index in [0.717, 1.165) is 9.21 Å². The van der Waals surface area contributed by atoms with Gasteiger partial charge in [-0.2, -0.15) is 0 Å². The zero-order valence-electron chi connectivity index (χ0n) is 10.8. The number of hydrogen-bond acceptors (Lipinski definition) is 5. The number of thiophene rings is 1. The molecule has 0 aromatic carbocycles. The Morgan fingerprint density at radius 3 is 2.89 bits per heavy atom. The first-order chi connectivity index (χ1) is 8.99. The molecule has 0 aliphatic carbocycles. The minimum Gasteiger partial charge on any atom is -0.377 e. The third-order valence-corrected chi connectivity index (χ3v) is 6.81. The molecule has 2 rings (SSSR count). The zero-order chi connectivity index (χ0) is 13.9. The molecule has 4 nitrogen and oxygen atoms in total. The smallest absolute Gasteiger partial charge is 0.157 e. The van der Waals surface area contributed by atoms with Gasteiger partial charge in [-0.05, 0) is 25.5 Å². The summed E-state index contributed by atoms with van der Waals surface area (Å²) in [6.45, 7) is 3.49. The topological polar surface area (TPSA) is 55.4 Å². The fourth-order valence-corrected chi connectivity index (χ4v) is 5.11. The lowest BCUT2D eigenvalue weighted by Gasteiger charge is -2.15. The molecule has 0 radical (unpaired) electrons. The highest BCUT2D eigenvalue weighted by molar-refractivity contribution is 7.92. The van der Waals surface area contributed by atoms with Gasteiger partial charge in [0.1, 0.15) is 0 Å². The number of nitrogens with one attached hydrogen (secondary N) is 1. The van der Waals surface area contributed by atoms with Gasteiger partial charge in [-0.3, -0.25) is 0 Å². The molecular formula is C12H18ClNO3S2. The minimum atomic E-state index is -3.07. The van der Waals surface area contributed by atoms with E-state index in [-0.39, 0.29) is 17.1 Å². The van der Waals surface area contributed by atoms with Crippen molar-refractivity contribution in [3.63, 3.8) is 0 Å². The molecule has 0 spiro atoms. The van der Waals surface area contributed by atoms with Crippen molar-refractivity contribution in [2.45, 2.75) is 31.2 Å². The molecule has 0 saturated carbocycles. The first kappa shape index (κ1) is 15.3.